The fourth-order valence-electron chi connectivity index (χ4n) is 2.48. The molecular weight excluding hydrogens is 288 g/mol. The van der Waals surface area contributed by atoms with Gasteiger partial charge in [-0.1, -0.05) is 6.08 Å². The summed E-state index contributed by atoms with van der Waals surface area (Å²) >= 11 is 1.81. The summed E-state index contributed by atoms with van der Waals surface area (Å²) in [6, 6.07) is 0. The molecule has 0 saturated carbocycles. The highest BCUT2D eigenvalue weighted by molar-refractivity contribution is 8.00. The number of amides is 1. The summed E-state index contributed by atoms with van der Waals surface area (Å²) in [4.78, 5) is 20.7. The predicted octanol–water partition coefficient (Wildman–Crippen LogP) is 1.99. The molecule has 0 bridgehead atoms. The van der Waals surface area contributed by atoms with Gasteiger partial charge in [0.15, 0.2) is 0 Å². The second-order valence-electron chi connectivity index (χ2n) is 5.11. The molecule has 0 spiro atoms. The van der Waals surface area contributed by atoms with E-state index < -0.39 is 0 Å². The van der Waals surface area contributed by atoms with Crippen LogP contribution in [0.5, 0.6) is 0 Å². The summed E-state index contributed by atoms with van der Waals surface area (Å²) < 4.78 is 10.5. The Kier molecular flexibility index (Phi) is 4.55. The number of thioether (sulfide) groups is 1. The Hall–Kier alpha value is -1.40. The lowest BCUT2D eigenvalue weighted by Gasteiger charge is -2.23. The van der Waals surface area contributed by atoms with Crippen molar-refractivity contribution in [3.63, 3.8) is 0 Å². The molecule has 3 rings (SSSR count). The van der Waals surface area contributed by atoms with Crippen LogP contribution in [0, 0.1) is 5.92 Å². The molecule has 1 saturated heterocycles. The van der Waals surface area contributed by atoms with Crippen LogP contribution in [0.15, 0.2) is 34.0 Å². The van der Waals surface area contributed by atoms with Gasteiger partial charge in [0, 0.05) is 24.5 Å². The van der Waals surface area contributed by atoms with Gasteiger partial charge in [-0.3, -0.25) is 4.79 Å². The maximum atomic E-state index is 12.1. The number of allylic oxidation sites excluding steroid dienone is 2. The first kappa shape index (κ1) is 14.5. The van der Waals surface area contributed by atoms with Crippen LogP contribution >= 0.6 is 11.8 Å². The van der Waals surface area contributed by atoms with Crippen LogP contribution in [0.25, 0.3) is 0 Å². The molecule has 0 radical (unpaired) electrons. The Morgan fingerprint density at radius 3 is 2.95 bits per heavy atom. The number of hydrogen-bond donors (Lipinski definition) is 0. The molecule has 112 valence electrons. The van der Waals surface area contributed by atoms with Crippen LogP contribution in [0.2, 0.25) is 0 Å². The lowest BCUT2D eigenvalue weighted by atomic mass is 9.96. The zero-order valence-electron chi connectivity index (χ0n) is 11.9. The van der Waals surface area contributed by atoms with Crippen molar-refractivity contribution >= 4 is 29.2 Å². The van der Waals surface area contributed by atoms with E-state index in [9.17, 15) is 4.79 Å². The molecule has 1 aliphatic carbocycles. The number of fused-ring (bicyclic) bond motifs is 1. The summed E-state index contributed by atoms with van der Waals surface area (Å²) in [6.45, 7) is 1.65. The Labute approximate surface area is 128 Å². The Bertz CT molecular complexity index is 545. The number of nitrogens with zero attached hydrogens (tertiary/aromatic N) is 2. The number of methoxy groups -OCH3 is 1. The summed E-state index contributed by atoms with van der Waals surface area (Å²) in [5, 5.41) is 0.575. The molecule has 1 atom stereocenters. The van der Waals surface area contributed by atoms with Gasteiger partial charge in [0.25, 0.3) is 5.91 Å². The maximum Gasteiger partial charge on any atom is 0.260 e. The van der Waals surface area contributed by atoms with Crippen molar-refractivity contribution in [1.29, 1.82) is 0 Å². The fourth-order valence-corrected chi connectivity index (χ4v) is 3.52. The predicted molar refractivity (Wildman–Crippen MR) is 83.9 cm³/mol. The number of rotatable bonds is 4. The largest absolute Gasteiger partial charge is 0.497 e. The first-order valence-corrected chi connectivity index (χ1v) is 8.14. The molecular formula is C15H18N2O3S. The standard InChI is InChI=1S/C15H18N2O3S/c1-19-10-2-3-12-13(8-10)16-14(17-15(12)18)9-21-11-4-6-20-7-5-11/h2-3,8,11-12H,4-7,9H2,1H3. The maximum absolute atomic E-state index is 12.1. The van der Waals surface area contributed by atoms with Gasteiger partial charge in [-0.15, -0.1) is 0 Å². The van der Waals surface area contributed by atoms with Crippen molar-refractivity contribution in [2.24, 2.45) is 15.9 Å². The number of carbonyl (C=O) groups is 1. The lowest BCUT2D eigenvalue weighted by molar-refractivity contribution is -0.118. The summed E-state index contributed by atoms with van der Waals surface area (Å²) in [7, 11) is 1.61. The van der Waals surface area contributed by atoms with Gasteiger partial charge in [-0.2, -0.15) is 16.8 Å². The number of carbonyl (C=O) groups excluding carboxylic acids is 1. The van der Waals surface area contributed by atoms with Gasteiger partial charge >= 0.3 is 0 Å². The number of ether oxygens (including phenoxy) is 2. The van der Waals surface area contributed by atoms with E-state index in [2.05, 4.69) is 9.98 Å². The second-order valence-corrected chi connectivity index (χ2v) is 6.40. The third-order valence-corrected chi connectivity index (χ3v) is 5.05. The van der Waals surface area contributed by atoms with E-state index in [-0.39, 0.29) is 11.8 Å². The van der Waals surface area contributed by atoms with Crippen molar-refractivity contribution in [2.45, 2.75) is 18.1 Å². The smallest absolute Gasteiger partial charge is 0.260 e. The van der Waals surface area contributed by atoms with E-state index in [0.29, 0.717) is 16.8 Å². The number of amidine groups is 1. The quantitative estimate of drug-likeness (QED) is 0.797. The molecule has 0 aromatic heterocycles. The van der Waals surface area contributed by atoms with Crippen LogP contribution < -0.4 is 0 Å². The van der Waals surface area contributed by atoms with E-state index in [0.717, 1.165) is 37.5 Å². The summed E-state index contributed by atoms with van der Waals surface area (Å²) in [6.07, 6.45) is 7.52. The minimum atomic E-state index is -0.347. The average Bonchev–Trinajstić information content (AvgIpc) is 2.53. The van der Waals surface area contributed by atoms with Crippen LogP contribution in [0.4, 0.5) is 0 Å². The van der Waals surface area contributed by atoms with E-state index in [1.54, 1.807) is 19.3 Å². The van der Waals surface area contributed by atoms with Crippen molar-refractivity contribution in [1.82, 2.24) is 0 Å². The van der Waals surface area contributed by atoms with E-state index in [1.807, 2.05) is 17.8 Å². The van der Waals surface area contributed by atoms with Crippen LogP contribution in [0.3, 0.4) is 0 Å². The Balaban J connectivity index is 1.66. The molecule has 0 aromatic carbocycles. The fraction of sp³-hybridized carbons (Fsp3) is 0.533. The Morgan fingerprint density at radius 1 is 1.38 bits per heavy atom. The molecule has 3 aliphatic rings. The first-order valence-electron chi connectivity index (χ1n) is 7.09. The van der Waals surface area contributed by atoms with Crippen LogP contribution in [-0.4, -0.2) is 48.8 Å². The van der Waals surface area contributed by atoms with Crippen molar-refractivity contribution in [3.05, 3.63) is 24.0 Å². The monoisotopic (exact) mass is 306 g/mol. The summed E-state index contributed by atoms with van der Waals surface area (Å²) in [5.74, 6) is 1.53. The first-order chi connectivity index (χ1) is 10.3. The third-order valence-electron chi connectivity index (χ3n) is 3.68. The van der Waals surface area contributed by atoms with Gasteiger partial charge in [0.05, 0.1) is 18.6 Å². The molecule has 0 N–H and O–H groups in total. The molecule has 2 heterocycles. The SMILES string of the molecule is COC1=CC2=NC(CSC3CCOCC3)=NC(=O)C2C=C1. The molecule has 1 fully saturated rings. The van der Waals surface area contributed by atoms with Gasteiger partial charge in [-0.25, -0.2) is 4.99 Å². The molecule has 0 aromatic rings. The number of hydrogen-bond acceptors (Lipinski definition) is 5. The normalized spacial score (nSPS) is 25.9. The molecule has 21 heavy (non-hydrogen) atoms. The van der Waals surface area contributed by atoms with Crippen molar-refractivity contribution in [2.75, 3.05) is 26.1 Å². The topological polar surface area (TPSA) is 60.2 Å². The van der Waals surface area contributed by atoms with Gasteiger partial charge < -0.3 is 9.47 Å². The zero-order valence-corrected chi connectivity index (χ0v) is 12.8. The van der Waals surface area contributed by atoms with Gasteiger partial charge in [-0.05, 0) is 18.9 Å². The molecule has 5 nitrogen and oxygen atoms in total. The van der Waals surface area contributed by atoms with E-state index in [1.165, 1.54) is 0 Å². The lowest BCUT2D eigenvalue weighted by Crippen LogP contribution is -2.29. The highest BCUT2D eigenvalue weighted by atomic mass is 32.2. The highest BCUT2D eigenvalue weighted by Gasteiger charge is 2.28. The zero-order chi connectivity index (χ0) is 14.7. The average molecular weight is 306 g/mol. The van der Waals surface area contributed by atoms with Crippen molar-refractivity contribution in [3.8, 4) is 0 Å². The van der Waals surface area contributed by atoms with E-state index in [4.69, 9.17) is 9.47 Å². The molecule has 2 aliphatic heterocycles. The molecule has 1 amide bonds. The van der Waals surface area contributed by atoms with E-state index >= 15 is 0 Å². The van der Waals surface area contributed by atoms with Crippen LogP contribution in [-0.2, 0) is 14.3 Å². The molecule has 1 unspecified atom stereocenters. The summed E-state index contributed by atoms with van der Waals surface area (Å²) in [5.41, 5.74) is 0.733. The van der Waals surface area contributed by atoms with Gasteiger partial charge in [0.2, 0.25) is 0 Å². The highest BCUT2D eigenvalue weighted by Crippen LogP contribution is 2.25. The van der Waals surface area contributed by atoms with Crippen LogP contribution in [0.1, 0.15) is 12.8 Å². The minimum Gasteiger partial charge on any atom is -0.497 e. The molecule has 6 heteroatoms. The second kappa shape index (κ2) is 6.58. The Morgan fingerprint density at radius 2 is 2.19 bits per heavy atom. The van der Waals surface area contributed by atoms with Crippen molar-refractivity contribution < 1.29 is 14.3 Å². The number of aliphatic imine (C=N–C) groups is 2. The minimum absolute atomic E-state index is 0.134. The third kappa shape index (κ3) is 3.44. The van der Waals surface area contributed by atoms with Gasteiger partial charge in [0.1, 0.15) is 17.5 Å².